The Bertz CT molecular complexity index is 1880. The van der Waals surface area contributed by atoms with Crippen LogP contribution in [0, 0.1) is 6.92 Å². The third-order valence-corrected chi connectivity index (χ3v) is 8.50. The number of carbonyl (C=O) groups excluding carboxylic acids is 1. The molecule has 4 aromatic rings. The Hall–Kier alpha value is -4.71. The minimum absolute atomic E-state index is 0.217. The Kier molecular flexibility index (Phi) is 9.20. The standard InChI is InChI=1S/C34H41N7O4S/c1-8-31-35-19-30(40(31)20-23-12-10-9-11-13-23)28-21-41(39-37-28)29-16-24(15-14-22(29)2)33(42)36-26-17-25(34(3,4)5)18-27(32(26)45-6)38-46(7,43)44/h9-19,28,38H,8,20-21H2,1-7H3,(H,36,42). The van der Waals surface area contributed by atoms with Gasteiger partial charge in [0.15, 0.2) is 5.75 Å². The molecule has 5 rings (SSSR count). The van der Waals surface area contributed by atoms with Crippen molar-refractivity contribution in [2.75, 3.05) is 35.0 Å². The fraction of sp³-hybridized carbons (Fsp3) is 0.353. The van der Waals surface area contributed by atoms with Crippen LogP contribution < -0.4 is 19.8 Å². The molecule has 12 heteroatoms. The summed E-state index contributed by atoms with van der Waals surface area (Å²) in [5, 5.41) is 13.9. The zero-order valence-corrected chi connectivity index (χ0v) is 28.1. The van der Waals surface area contributed by atoms with Crippen LogP contribution in [0.5, 0.6) is 5.75 Å². The maximum atomic E-state index is 13.7. The van der Waals surface area contributed by atoms with Gasteiger partial charge >= 0.3 is 0 Å². The van der Waals surface area contributed by atoms with E-state index in [4.69, 9.17) is 4.74 Å². The van der Waals surface area contributed by atoms with Crippen molar-refractivity contribution >= 4 is 33.0 Å². The average molecular weight is 644 g/mol. The number of hydrogen-bond acceptors (Lipinski definition) is 8. The van der Waals surface area contributed by atoms with Crippen molar-refractivity contribution in [2.45, 2.75) is 59.0 Å². The van der Waals surface area contributed by atoms with E-state index in [0.717, 1.165) is 41.0 Å². The highest BCUT2D eigenvalue weighted by Gasteiger charge is 2.28. The summed E-state index contributed by atoms with van der Waals surface area (Å²) in [6, 6.07) is 19.0. The summed E-state index contributed by atoms with van der Waals surface area (Å²) in [5.41, 5.74) is 5.37. The van der Waals surface area contributed by atoms with Gasteiger partial charge < -0.3 is 14.6 Å². The third-order valence-electron chi connectivity index (χ3n) is 7.91. The monoisotopic (exact) mass is 643 g/mol. The van der Waals surface area contributed by atoms with Crippen molar-refractivity contribution in [3.63, 3.8) is 0 Å². The highest BCUT2D eigenvalue weighted by atomic mass is 32.2. The van der Waals surface area contributed by atoms with Crippen molar-refractivity contribution in [1.29, 1.82) is 0 Å². The second-order valence-corrected chi connectivity index (χ2v) is 14.3. The number of nitrogens with one attached hydrogen (secondary N) is 2. The van der Waals surface area contributed by atoms with Crippen LogP contribution in [-0.2, 0) is 28.4 Å². The number of benzene rings is 3. The number of aryl methyl sites for hydroxylation is 2. The quantitative estimate of drug-likeness (QED) is 0.199. The van der Waals surface area contributed by atoms with Crippen LogP contribution in [0.2, 0.25) is 0 Å². The molecule has 11 nitrogen and oxygen atoms in total. The predicted octanol–water partition coefficient (Wildman–Crippen LogP) is 6.66. The van der Waals surface area contributed by atoms with Crippen LogP contribution in [0.15, 0.2) is 77.2 Å². The van der Waals surface area contributed by atoms with E-state index in [1.807, 2.05) is 69.2 Å². The van der Waals surface area contributed by atoms with Crippen molar-refractivity contribution < 1.29 is 17.9 Å². The van der Waals surface area contributed by atoms with Gasteiger partial charge in [-0.3, -0.25) is 9.52 Å². The molecule has 2 heterocycles. The lowest BCUT2D eigenvalue weighted by Gasteiger charge is -2.24. The molecule has 1 aromatic heterocycles. The highest BCUT2D eigenvalue weighted by molar-refractivity contribution is 7.92. The number of methoxy groups -OCH3 is 1. The molecular formula is C34H41N7O4S. The molecule has 0 aliphatic carbocycles. The molecule has 1 aliphatic heterocycles. The van der Waals surface area contributed by atoms with Crippen LogP contribution in [0.3, 0.4) is 0 Å². The molecule has 46 heavy (non-hydrogen) atoms. The van der Waals surface area contributed by atoms with E-state index in [1.165, 1.54) is 12.7 Å². The fourth-order valence-corrected chi connectivity index (χ4v) is 6.01. The van der Waals surface area contributed by atoms with Crippen LogP contribution >= 0.6 is 0 Å². The second kappa shape index (κ2) is 13.0. The van der Waals surface area contributed by atoms with Gasteiger partial charge in [0, 0.05) is 18.5 Å². The molecule has 0 bridgehead atoms. The van der Waals surface area contributed by atoms with Gasteiger partial charge in [-0.05, 0) is 53.3 Å². The summed E-state index contributed by atoms with van der Waals surface area (Å²) in [6.07, 6.45) is 3.76. The van der Waals surface area contributed by atoms with Gasteiger partial charge in [0.25, 0.3) is 5.91 Å². The molecule has 1 atom stereocenters. The molecule has 0 saturated heterocycles. The van der Waals surface area contributed by atoms with Crippen LogP contribution in [0.25, 0.3) is 0 Å². The van der Waals surface area contributed by atoms with Crippen molar-refractivity contribution in [3.8, 4) is 5.75 Å². The first-order chi connectivity index (χ1) is 21.8. The Morgan fingerprint density at radius 3 is 2.43 bits per heavy atom. The normalized spacial score (nSPS) is 14.8. The summed E-state index contributed by atoms with van der Waals surface area (Å²) in [5.74, 6) is 0.828. The number of aromatic nitrogens is 2. The minimum Gasteiger partial charge on any atom is -0.492 e. The lowest BCUT2D eigenvalue weighted by atomic mass is 9.86. The van der Waals surface area contributed by atoms with Gasteiger partial charge in [0.2, 0.25) is 10.0 Å². The van der Waals surface area contributed by atoms with Gasteiger partial charge in [-0.1, -0.05) is 69.3 Å². The molecule has 2 N–H and O–H groups in total. The smallest absolute Gasteiger partial charge is 0.255 e. The first-order valence-corrected chi connectivity index (χ1v) is 17.1. The number of imidazole rings is 1. The molecule has 0 fully saturated rings. The number of hydrogen-bond donors (Lipinski definition) is 2. The van der Waals surface area contributed by atoms with Crippen molar-refractivity contribution in [3.05, 3.63) is 101 Å². The van der Waals surface area contributed by atoms with Gasteiger partial charge in [0.05, 0.1) is 48.9 Å². The molecule has 1 amide bonds. The summed E-state index contributed by atoms with van der Waals surface area (Å²) in [4.78, 5) is 18.3. The third kappa shape index (κ3) is 7.23. The molecule has 1 unspecified atom stereocenters. The maximum Gasteiger partial charge on any atom is 0.255 e. The van der Waals surface area contributed by atoms with E-state index < -0.39 is 10.0 Å². The lowest BCUT2D eigenvalue weighted by Crippen LogP contribution is -2.21. The van der Waals surface area contributed by atoms with Crippen LogP contribution in [-0.4, -0.2) is 43.8 Å². The summed E-state index contributed by atoms with van der Waals surface area (Å²) >= 11 is 0. The van der Waals surface area contributed by atoms with Gasteiger partial charge in [0.1, 0.15) is 11.9 Å². The van der Waals surface area contributed by atoms with E-state index in [2.05, 4.69) is 49.0 Å². The molecule has 3 aromatic carbocycles. The molecule has 0 radical (unpaired) electrons. The van der Waals surface area contributed by atoms with E-state index >= 15 is 0 Å². The first kappa shape index (κ1) is 32.7. The second-order valence-electron chi connectivity index (χ2n) is 12.5. The van der Waals surface area contributed by atoms with Crippen molar-refractivity contribution in [1.82, 2.24) is 9.55 Å². The number of nitrogens with zero attached hydrogens (tertiary/aromatic N) is 5. The van der Waals surface area contributed by atoms with Gasteiger partial charge in [-0.25, -0.2) is 18.4 Å². The number of rotatable bonds is 10. The number of carbonyl (C=O) groups is 1. The summed E-state index contributed by atoms with van der Waals surface area (Å²) < 4.78 is 34.6. The SMILES string of the molecule is CCc1ncc(C2CN(c3cc(C(=O)Nc4cc(C(C)(C)C)cc(NS(C)(=O)=O)c4OC)ccc3C)N=N2)n1Cc1ccccc1. The van der Waals surface area contributed by atoms with Gasteiger partial charge in [-0.2, -0.15) is 5.11 Å². The summed E-state index contributed by atoms with van der Waals surface area (Å²) in [6.45, 7) is 11.3. The fourth-order valence-electron chi connectivity index (χ4n) is 5.46. The van der Waals surface area contributed by atoms with E-state index in [0.29, 0.717) is 24.3 Å². The van der Waals surface area contributed by atoms with E-state index in [9.17, 15) is 13.2 Å². The van der Waals surface area contributed by atoms with Crippen molar-refractivity contribution in [2.24, 2.45) is 10.3 Å². The molecule has 1 aliphatic rings. The van der Waals surface area contributed by atoms with Crippen LogP contribution in [0.1, 0.15) is 72.3 Å². The Labute approximate surface area is 270 Å². The Balaban J connectivity index is 1.40. The zero-order chi connectivity index (χ0) is 33.2. The lowest BCUT2D eigenvalue weighted by molar-refractivity contribution is 0.102. The zero-order valence-electron chi connectivity index (χ0n) is 27.3. The number of anilines is 3. The highest BCUT2D eigenvalue weighted by Crippen LogP contribution is 2.40. The molecule has 242 valence electrons. The molecule has 0 spiro atoms. The first-order valence-electron chi connectivity index (χ1n) is 15.2. The largest absolute Gasteiger partial charge is 0.492 e. The topological polar surface area (TPSA) is 130 Å². The van der Waals surface area contributed by atoms with E-state index in [1.54, 1.807) is 18.2 Å². The Morgan fingerprint density at radius 2 is 1.78 bits per heavy atom. The molecular weight excluding hydrogens is 602 g/mol. The summed E-state index contributed by atoms with van der Waals surface area (Å²) in [7, 11) is -2.17. The molecule has 0 saturated carbocycles. The van der Waals surface area contributed by atoms with Crippen LogP contribution in [0.4, 0.5) is 17.1 Å². The minimum atomic E-state index is -3.61. The van der Waals surface area contributed by atoms with E-state index in [-0.39, 0.29) is 28.8 Å². The number of sulfonamides is 1. The maximum absolute atomic E-state index is 13.7. The number of amides is 1. The Morgan fingerprint density at radius 1 is 1.07 bits per heavy atom. The predicted molar refractivity (Wildman–Crippen MR) is 181 cm³/mol. The average Bonchev–Trinajstić information content (AvgIpc) is 3.63. The van der Waals surface area contributed by atoms with Gasteiger partial charge in [-0.15, -0.1) is 0 Å². The number of ether oxygens (including phenoxy) is 1.